The molecule has 0 radical (unpaired) electrons. The van der Waals surface area contributed by atoms with Crippen molar-refractivity contribution >= 4 is 5.97 Å². The first-order chi connectivity index (χ1) is 9.58. The molecule has 0 aliphatic heterocycles. The molecule has 0 atom stereocenters. The van der Waals surface area contributed by atoms with Gasteiger partial charge in [-0.25, -0.2) is 18.6 Å². The molecule has 104 valence electrons. The fourth-order valence-corrected chi connectivity index (χ4v) is 1.90. The summed E-state index contributed by atoms with van der Waals surface area (Å²) in [5.41, 5.74) is 0.241. The Labute approximate surface area is 115 Å². The molecule has 1 aromatic carbocycles. The van der Waals surface area contributed by atoms with E-state index in [-0.39, 0.29) is 17.0 Å². The van der Waals surface area contributed by atoms with Crippen LogP contribution in [0.1, 0.15) is 23.0 Å². The summed E-state index contributed by atoms with van der Waals surface area (Å²) < 4.78 is 32.7. The van der Waals surface area contributed by atoms with Crippen molar-refractivity contribution < 1.29 is 18.3 Å². The molecule has 0 spiro atoms. The lowest BCUT2D eigenvalue weighted by Gasteiger charge is -2.09. The van der Waals surface area contributed by atoms with Crippen molar-refractivity contribution in [3.63, 3.8) is 0 Å². The van der Waals surface area contributed by atoms with Crippen LogP contribution in [-0.2, 0) is 11.2 Å². The van der Waals surface area contributed by atoms with Crippen LogP contribution in [-0.4, -0.2) is 18.1 Å². The van der Waals surface area contributed by atoms with Crippen LogP contribution in [0.5, 0.6) is 0 Å². The molecule has 0 amide bonds. The van der Waals surface area contributed by atoms with Gasteiger partial charge in [-0.1, -0.05) is 19.1 Å². The van der Waals surface area contributed by atoms with Crippen molar-refractivity contribution in [2.24, 2.45) is 0 Å². The van der Waals surface area contributed by atoms with Gasteiger partial charge >= 0.3 is 5.97 Å². The van der Waals surface area contributed by atoms with Crippen LogP contribution in [0.15, 0.2) is 30.3 Å². The fourth-order valence-electron chi connectivity index (χ4n) is 1.90. The second-order valence-electron chi connectivity index (χ2n) is 4.15. The largest absolute Gasteiger partial charge is 0.464 e. The van der Waals surface area contributed by atoms with Crippen LogP contribution in [0.4, 0.5) is 8.78 Å². The summed E-state index contributed by atoms with van der Waals surface area (Å²) in [7, 11) is 1.22. The van der Waals surface area contributed by atoms with Gasteiger partial charge in [-0.3, -0.25) is 0 Å². The molecule has 20 heavy (non-hydrogen) atoms. The van der Waals surface area contributed by atoms with Crippen molar-refractivity contribution in [3.8, 4) is 11.3 Å². The van der Waals surface area contributed by atoms with Crippen molar-refractivity contribution in [3.05, 3.63) is 53.2 Å². The number of rotatable bonds is 3. The highest BCUT2D eigenvalue weighted by molar-refractivity contribution is 5.87. The first kappa shape index (κ1) is 14.1. The van der Waals surface area contributed by atoms with Crippen LogP contribution in [0.25, 0.3) is 11.3 Å². The molecule has 5 heteroatoms. The number of benzene rings is 1. The Morgan fingerprint density at radius 2 is 2.00 bits per heavy atom. The fraction of sp³-hybridized carbons (Fsp3) is 0.200. The summed E-state index contributed by atoms with van der Waals surface area (Å²) in [6, 6.07) is 6.98. The Balaban J connectivity index is 2.60. The highest BCUT2D eigenvalue weighted by atomic mass is 19.1. The normalized spacial score (nSPS) is 10.4. The number of esters is 1. The molecule has 1 aromatic heterocycles. The molecule has 0 unspecified atom stereocenters. The molecule has 2 rings (SSSR count). The van der Waals surface area contributed by atoms with Gasteiger partial charge in [0.1, 0.15) is 17.3 Å². The minimum atomic E-state index is -0.714. The van der Waals surface area contributed by atoms with Gasteiger partial charge in [-0.05, 0) is 30.2 Å². The number of carbonyl (C=O) groups is 1. The zero-order chi connectivity index (χ0) is 14.7. The second kappa shape index (κ2) is 5.77. The van der Waals surface area contributed by atoms with Crippen LogP contribution in [0, 0.1) is 11.6 Å². The van der Waals surface area contributed by atoms with E-state index in [4.69, 9.17) is 0 Å². The maximum absolute atomic E-state index is 14.2. The molecule has 2 aromatic rings. The molecule has 3 nitrogen and oxygen atoms in total. The summed E-state index contributed by atoms with van der Waals surface area (Å²) in [5.74, 6) is -2.02. The predicted molar refractivity (Wildman–Crippen MR) is 70.3 cm³/mol. The number of hydrogen-bond acceptors (Lipinski definition) is 3. The van der Waals surface area contributed by atoms with E-state index < -0.39 is 17.6 Å². The van der Waals surface area contributed by atoms with Gasteiger partial charge in [0, 0.05) is 0 Å². The monoisotopic (exact) mass is 277 g/mol. The Hall–Kier alpha value is -2.30. The van der Waals surface area contributed by atoms with Gasteiger partial charge in [-0.15, -0.1) is 0 Å². The molecular weight excluding hydrogens is 264 g/mol. The molecule has 0 saturated heterocycles. The maximum atomic E-state index is 14.2. The van der Waals surface area contributed by atoms with Gasteiger partial charge in [0.2, 0.25) is 0 Å². The zero-order valence-corrected chi connectivity index (χ0v) is 11.1. The Bertz CT molecular complexity index is 656. The van der Waals surface area contributed by atoms with Crippen molar-refractivity contribution in [2.45, 2.75) is 13.3 Å². The van der Waals surface area contributed by atoms with Crippen LogP contribution >= 0.6 is 0 Å². The molecule has 0 N–H and O–H groups in total. The number of methoxy groups -OCH3 is 1. The van der Waals surface area contributed by atoms with E-state index in [1.54, 1.807) is 6.92 Å². The average molecular weight is 277 g/mol. The number of aromatic nitrogens is 1. The topological polar surface area (TPSA) is 39.2 Å². The van der Waals surface area contributed by atoms with E-state index in [0.29, 0.717) is 12.0 Å². The van der Waals surface area contributed by atoms with Gasteiger partial charge < -0.3 is 4.74 Å². The number of nitrogens with zero attached hydrogens (tertiary/aromatic N) is 1. The van der Waals surface area contributed by atoms with Crippen LogP contribution < -0.4 is 0 Å². The molecule has 0 saturated carbocycles. The molecule has 1 heterocycles. The number of halogens is 2. The highest BCUT2D eigenvalue weighted by Gasteiger charge is 2.17. The average Bonchev–Trinajstić information content (AvgIpc) is 2.47. The standard InChI is InChI=1S/C15H13F2NO2/c1-3-9-7-8-10(16)13(14(9)17)11-5-4-6-12(18-11)15(19)20-2/h4-8H,3H2,1-2H3. The van der Waals surface area contributed by atoms with Gasteiger partial charge in [-0.2, -0.15) is 0 Å². The minimum absolute atomic E-state index is 0.00528. The summed E-state index contributed by atoms with van der Waals surface area (Å²) in [4.78, 5) is 15.4. The van der Waals surface area contributed by atoms with Gasteiger partial charge in [0.05, 0.1) is 18.4 Å². The van der Waals surface area contributed by atoms with Gasteiger partial charge in [0.15, 0.2) is 0 Å². The van der Waals surface area contributed by atoms with Crippen molar-refractivity contribution in [2.75, 3.05) is 7.11 Å². The molecule has 0 aliphatic carbocycles. The number of carbonyl (C=O) groups excluding carboxylic acids is 1. The molecule has 0 aliphatic rings. The van der Waals surface area contributed by atoms with E-state index in [2.05, 4.69) is 9.72 Å². The van der Waals surface area contributed by atoms with E-state index in [9.17, 15) is 13.6 Å². The van der Waals surface area contributed by atoms with Crippen molar-refractivity contribution in [1.29, 1.82) is 0 Å². The van der Waals surface area contributed by atoms with Crippen molar-refractivity contribution in [1.82, 2.24) is 4.98 Å². The molecular formula is C15H13F2NO2. The third-order valence-electron chi connectivity index (χ3n) is 2.95. The SMILES string of the molecule is CCc1ccc(F)c(-c2cccc(C(=O)OC)n2)c1F. The first-order valence-electron chi connectivity index (χ1n) is 6.11. The number of pyridine rings is 1. The quantitative estimate of drug-likeness (QED) is 0.807. The van der Waals surface area contributed by atoms with E-state index >= 15 is 0 Å². The van der Waals surface area contributed by atoms with Crippen LogP contribution in [0.3, 0.4) is 0 Å². The summed E-state index contributed by atoms with van der Waals surface area (Å²) in [6.45, 7) is 1.78. The summed E-state index contributed by atoms with van der Waals surface area (Å²) in [5, 5.41) is 0. The Morgan fingerprint density at radius 3 is 2.65 bits per heavy atom. The van der Waals surface area contributed by atoms with E-state index in [1.807, 2.05) is 0 Å². The molecule has 0 bridgehead atoms. The third-order valence-corrected chi connectivity index (χ3v) is 2.95. The lowest BCUT2D eigenvalue weighted by molar-refractivity contribution is 0.0594. The van der Waals surface area contributed by atoms with Gasteiger partial charge in [0.25, 0.3) is 0 Å². The summed E-state index contributed by atoms with van der Waals surface area (Å²) in [6.07, 6.45) is 0.440. The number of ether oxygens (including phenoxy) is 1. The smallest absolute Gasteiger partial charge is 0.356 e. The first-order valence-corrected chi connectivity index (χ1v) is 6.11. The van der Waals surface area contributed by atoms with E-state index in [1.165, 1.54) is 37.4 Å². The Morgan fingerprint density at radius 1 is 1.25 bits per heavy atom. The second-order valence-corrected chi connectivity index (χ2v) is 4.15. The lowest BCUT2D eigenvalue weighted by Crippen LogP contribution is -2.05. The minimum Gasteiger partial charge on any atom is -0.464 e. The summed E-state index contributed by atoms with van der Waals surface area (Å²) >= 11 is 0. The molecule has 0 fully saturated rings. The lowest BCUT2D eigenvalue weighted by atomic mass is 10.0. The Kier molecular flexibility index (Phi) is 4.08. The van der Waals surface area contributed by atoms with Crippen LogP contribution in [0.2, 0.25) is 0 Å². The third kappa shape index (κ3) is 2.52. The highest BCUT2D eigenvalue weighted by Crippen LogP contribution is 2.27. The predicted octanol–water partition coefficient (Wildman–Crippen LogP) is 3.38. The zero-order valence-electron chi connectivity index (χ0n) is 11.1. The number of aryl methyl sites for hydroxylation is 1. The van der Waals surface area contributed by atoms with E-state index in [0.717, 1.165) is 0 Å². The number of hydrogen-bond donors (Lipinski definition) is 0. The maximum Gasteiger partial charge on any atom is 0.356 e.